The zero-order chi connectivity index (χ0) is 25.6. The summed E-state index contributed by atoms with van der Waals surface area (Å²) in [5, 5.41) is 20.7. The van der Waals surface area contributed by atoms with Gasteiger partial charge in [-0.05, 0) is 56.0 Å². The molecular formula is C27H26N8O2. The van der Waals surface area contributed by atoms with E-state index in [0.717, 1.165) is 36.2 Å². The number of pyridine rings is 1. The first-order chi connectivity index (χ1) is 18.1. The highest BCUT2D eigenvalue weighted by Gasteiger charge is 2.23. The van der Waals surface area contributed by atoms with Gasteiger partial charge in [-0.2, -0.15) is 5.26 Å². The second-order valence-corrected chi connectivity index (χ2v) is 8.77. The van der Waals surface area contributed by atoms with Crippen molar-refractivity contribution in [3.05, 3.63) is 71.7 Å². The summed E-state index contributed by atoms with van der Waals surface area (Å²) < 4.78 is 7.31. The minimum atomic E-state index is -0.529. The Balaban J connectivity index is 1.47. The van der Waals surface area contributed by atoms with Crippen LogP contribution in [0.25, 0.3) is 22.6 Å². The van der Waals surface area contributed by atoms with Crippen LogP contribution in [0, 0.1) is 11.3 Å². The summed E-state index contributed by atoms with van der Waals surface area (Å²) in [6.07, 6.45) is 4.65. The number of aromatic nitrogens is 6. The summed E-state index contributed by atoms with van der Waals surface area (Å²) in [7, 11) is 0. The van der Waals surface area contributed by atoms with Gasteiger partial charge in [-0.3, -0.25) is 15.1 Å². The summed E-state index contributed by atoms with van der Waals surface area (Å²) in [4.78, 5) is 26.6. The highest BCUT2D eigenvalue weighted by molar-refractivity contribution is 5.93. The average molecular weight is 495 g/mol. The summed E-state index contributed by atoms with van der Waals surface area (Å²) >= 11 is 0. The van der Waals surface area contributed by atoms with Gasteiger partial charge in [0.25, 0.3) is 5.91 Å². The fourth-order valence-corrected chi connectivity index (χ4v) is 4.14. The molecule has 0 bridgehead atoms. The van der Waals surface area contributed by atoms with E-state index in [0.29, 0.717) is 42.2 Å². The number of benzene rings is 1. The highest BCUT2D eigenvalue weighted by Crippen LogP contribution is 2.25. The van der Waals surface area contributed by atoms with Crippen molar-refractivity contribution in [1.82, 2.24) is 29.9 Å². The third kappa shape index (κ3) is 5.85. The summed E-state index contributed by atoms with van der Waals surface area (Å²) in [5.74, 6) is -0.139. The first kappa shape index (κ1) is 24.2. The van der Waals surface area contributed by atoms with Gasteiger partial charge in [-0.1, -0.05) is 30.3 Å². The lowest BCUT2D eigenvalue weighted by Crippen LogP contribution is -2.33. The van der Waals surface area contributed by atoms with E-state index in [2.05, 4.69) is 43.6 Å². The van der Waals surface area contributed by atoms with Crippen molar-refractivity contribution in [1.29, 1.82) is 5.26 Å². The number of carbonyl (C=O) groups is 1. The maximum atomic E-state index is 12.8. The number of hydrogen-bond acceptors (Lipinski definition) is 8. The molecule has 186 valence electrons. The molecule has 0 aliphatic carbocycles. The molecule has 1 fully saturated rings. The van der Waals surface area contributed by atoms with Gasteiger partial charge in [-0.25, -0.2) is 14.6 Å². The molecule has 0 radical (unpaired) electrons. The van der Waals surface area contributed by atoms with E-state index >= 15 is 0 Å². The van der Waals surface area contributed by atoms with E-state index in [-0.39, 0.29) is 11.9 Å². The Bertz CT molecular complexity index is 1450. The van der Waals surface area contributed by atoms with E-state index in [1.165, 1.54) is 0 Å². The van der Waals surface area contributed by atoms with Gasteiger partial charge in [-0.15, -0.1) is 5.10 Å². The molecule has 1 amide bonds. The number of nitrogens with zero attached hydrogens (tertiary/aromatic N) is 7. The summed E-state index contributed by atoms with van der Waals surface area (Å²) in [5.41, 5.74) is 4.69. The number of carbonyl (C=O) groups excluding carboxylic acids is 1. The Morgan fingerprint density at radius 3 is 2.73 bits per heavy atom. The van der Waals surface area contributed by atoms with Crippen molar-refractivity contribution in [3.63, 3.8) is 0 Å². The number of aryl methyl sites for hydroxylation is 1. The first-order valence-electron chi connectivity index (χ1n) is 12.3. The average Bonchev–Trinajstić information content (AvgIpc) is 3.42. The molecule has 1 aliphatic rings. The molecule has 1 N–H and O–H groups in total. The third-order valence-electron chi connectivity index (χ3n) is 6.07. The molecule has 5 rings (SSSR count). The van der Waals surface area contributed by atoms with Crippen LogP contribution >= 0.6 is 0 Å². The number of amides is 1. The molecule has 1 saturated heterocycles. The predicted octanol–water partition coefficient (Wildman–Crippen LogP) is 3.79. The lowest BCUT2D eigenvalue weighted by molar-refractivity contribution is -0.130. The second-order valence-electron chi connectivity index (χ2n) is 8.77. The molecule has 0 spiro atoms. The molecule has 1 aromatic carbocycles. The maximum absolute atomic E-state index is 12.8. The molecule has 4 aromatic rings. The molecular weight excluding hydrogens is 468 g/mol. The van der Waals surface area contributed by atoms with Crippen LogP contribution in [-0.4, -0.2) is 48.6 Å². The zero-order valence-corrected chi connectivity index (χ0v) is 20.5. The van der Waals surface area contributed by atoms with Crippen LogP contribution in [0.15, 0.2) is 54.7 Å². The molecule has 1 unspecified atom stereocenters. The van der Waals surface area contributed by atoms with Crippen molar-refractivity contribution >= 4 is 11.9 Å². The van der Waals surface area contributed by atoms with Crippen molar-refractivity contribution in [2.45, 2.75) is 45.3 Å². The van der Waals surface area contributed by atoms with Gasteiger partial charge >= 0.3 is 0 Å². The highest BCUT2D eigenvalue weighted by atomic mass is 16.5. The van der Waals surface area contributed by atoms with Crippen LogP contribution in [-0.2, 0) is 22.5 Å². The number of nitrogens with one attached hydrogen (secondary N) is 1. The largest absolute Gasteiger partial charge is 0.368 e. The van der Waals surface area contributed by atoms with Gasteiger partial charge in [0.1, 0.15) is 11.8 Å². The zero-order valence-electron chi connectivity index (χ0n) is 20.5. The van der Waals surface area contributed by atoms with Gasteiger partial charge in [0.15, 0.2) is 0 Å². The number of rotatable bonds is 7. The van der Waals surface area contributed by atoms with E-state index < -0.39 is 6.10 Å². The number of hydrogen-bond donors (Lipinski definition) is 1. The summed E-state index contributed by atoms with van der Waals surface area (Å²) in [6.45, 7) is 3.09. The molecule has 1 aliphatic heterocycles. The Labute approximate surface area is 214 Å². The SMILES string of the molecule is CCc1cccc(Cn2cc(-c3cc(-c4cccc(C#N)c4)nc(NC(=O)C4CCCCO4)n3)nn2)n1. The molecule has 10 nitrogen and oxygen atoms in total. The van der Waals surface area contributed by atoms with Crippen molar-refractivity contribution in [2.24, 2.45) is 0 Å². The molecule has 10 heteroatoms. The van der Waals surface area contributed by atoms with Crippen LogP contribution in [0.3, 0.4) is 0 Å². The Morgan fingerprint density at radius 1 is 1.08 bits per heavy atom. The number of anilines is 1. The lowest BCUT2D eigenvalue weighted by Gasteiger charge is -2.21. The molecule has 37 heavy (non-hydrogen) atoms. The molecule has 1 atom stereocenters. The quantitative estimate of drug-likeness (QED) is 0.410. The molecule has 3 aromatic heterocycles. The van der Waals surface area contributed by atoms with E-state index in [9.17, 15) is 10.1 Å². The fourth-order valence-electron chi connectivity index (χ4n) is 4.14. The van der Waals surface area contributed by atoms with Gasteiger partial charge in [0.05, 0.1) is 41.5 Å². The van der Waals surface area contributed by atoms with Gasteiger partial charge < -0.3 is 4.74 Å². The van der Waals surface area contributed by atoms with Crippen LogP contribution in [0.5, 0.6) is 0 Å². The lowest BCUT2D eigenvalue weighted by atomic mass is 10.1. The monoisotopic (exact) mass is 494 g/mol. The van der Waals surface area contributed by atoms with Crippen molar-refractivity contribution in [3.8, 4) is 28.7 Å². The normalized spacial score (nSPS) is 15.2. The Morgan fingerprint density at radius 2 is 1.92 bits per heavy atom. The van der Waals surface area contributed by atoms with Gasteiger partial charge in [0, 0.05) is 17.9 Å². The molecule has 0 saturated carbocycles. The van der Waals surface area contributed by atoms with Crippen LogP contribution < -0.4 is 5.32 Å². The second kappa shape index (κ2) is 11.1. The Hall–Kier alpha value is -4.49. The summed E-state index contributed by atoms with van der Waals surface area (Å²) in [6, 6.07) is 17.0. The van der Waals surface area contributed by atoms with E-state index in [1.54, 1.807) is 35.1 Å². The van der Waals surface area contributed by atoms with E-state index in [1.807, 2.05) is 24.3 Å². The van der Waals surface area contributed by atoms with Crippen molar-refractivity contribution < 1.29 is 9.53 Å². The van der Waals surface area contributed by atoms with Gasteiger partial charge in [0.2, 0.25) is 5.95 Å². The predicted molar refractivity (Wildman–Crippen MR) is 136 cm³/mol. The fraction of sp³-hybridized carbons (Fsp3) is 0.296. The van der Waals surface area contributed by atoms with Crippen molar-refractivity contribution in [2.75, 3.05) is 11.9 Å². The van der Waals surface area contributed by atoms with E-state index in [4.69, 9.17) is 4.74 Å². The van der Waals surface area contributed by atoms with Crippen LogP contribution in [0.1, 0.15) is 43.1 Å². The smallest absolute Gasteiger partial charge is 0.255 e. The first-order valence-corrected chi connectivity index (χ1v) is 12.3. The molecule has 4 heterocycles. The topological polar surface area (TPSA) is 132 Å². The minimum absolute atomic E-state index is 0.140. The maximum Gasteiger partial charge on any atom is 0.255 e. The third-order valence-corrected chi connectivity index (χ3v) is 6.07. The van der Waals surface area contributed by atoms with Crippen LogP contribution in [0.2, 0.25) is 0 Å². The number of nitriles is 1. The minimum Gasteiger partial charge on any atom is -0.368 e. The Kier molecular flexibility index (Phi) is 7.23. The standard InChI is InChI=1S/C27H26N8O2/c1-2-20-9-6-10-21(29-20)16-35-17-24(33-34-35)23-14-22(19-8-5-7-18(13-19)15-28)30-27(31-23)32-26(36)25-11-3-4-12-37-25/h5-10,13-14,17,25H,2-4,11-12,16H2,1H3,(H,30,31,32,36). The number of ether oxygens (including phenoxy) is 1. The van der Waals surface area contributed by atoms with Crippen LogP contribution in [0.4, 0.5) is 5.95 Å².